The maximum Gasteiger partial charge on any atom is 0.490 e. The van der Waals surface area contributed by atoms with Gasteiger partial charge >= 0.3 is 7.12 Å². The first-order valence-electron chi connectivity index (χ1n) is 4.00. The lowest BCUT2D eigenvalue weighted by Gasteiger charge is -2.06. The maximum atomic E-state index is 8.95. The van der Waals surface area contributed by atoms with E-state index in [1.165, 1.54) is 0 Å². The Morgan fingerprint density at radius 3 is 2.85 bits per heavy atom. The van der Waals surface area contributed by atoms with Crippen LogP contribution in [0.4, 0.5) is 0 Å². The second kappa shape index (κ2) is 3.22. The highest BCUT2D eigenvalue weighted by Gasteiger charge is 2.23. The van der Waals surface area contributed by atoms with Gasteiger partial charge in [0.05, 0.1) is 11.6 Å². The Balaban J connectivity index is 2.52. The molecule has 0 bridgehead atoms. The molecule has 3 nitrogen and oxygen atoms in total. The normalized spacial score (nSPS) is 13.8. The van der Waals surface area contributed by atoms with Crippen molar-refractivity contribution in [3.05, 3.63) is 22.7 Å². The standard InChI is InChI=1S/C8H8BClO3/c10-7-6(9(11)12)2-1-5-3-4-13-8(5)7/h1-2,11-12H,3-4H2. The Bertz CT molecular complexity index is 340. The van der Waals surface area contributed by atoms with Crippen LogP contribution in [0.25, 0.3) is 0 Å². The van der Waals surface area contributed by atoms with Crippen LogP contribution in [0, 0.1) is 0 Å². The summed E-state index contributed by atoms with van der Waals surface area (Å²) in [5.41, 5.74) is 1.32. The van der Waals surface area contributed by atoms with Crippen molar-refractivity contribution in [3.63, 3.8) is 0 Å². The SMILES string of the molecule is OB(O)c1ccc2c(c1Cl)OCC2. The summed E-state index contributed by atoms with van der Waals surface area (Å²) in [5, 5.41) is 18.2. The number of fused-ring (bicyclic) bond motifs is 1. The largest absolute Gasteiger partial charge is 0.491 e. The van der Waals surface area contributed by atoms with Crippen LogP contribution in [0.1, 0.15) is 5.56 Å². The number of benzene rings is 1. The molecule has 0 aromatic heterocycles. The third-order valence-electron chi connectivity index (χ3n) is 2.10. The summed E-state index contributed by atoms with van der Waals surface area (Å²) in [6, 6.07) is 3.42. The van der Waals surface area contributed by atoms with Crippen LogP contribution in [0.2, 0.25) is 5.02 Å². The van der Waals surface area contributed by atoms with Gasteiger partial charge in [-0.25, -0.2) is 0 Å². The van der Waals surface area contributed by atoms with Gasteiger partial charge in [-0.2, -0.15) is 0 Å². The third-order valence-corrected chi connectivity index (χ3v) is 2.49. The molecule has 0 amide bonds. The average Bonchev–Trinajstić information content (AvgIpc) is 2.52. The molecule has 68 valence electrons. The third kappa shape index (κ3) is 1.41. The van der Waals surface area contributed by atoms with Gasteiger partial charge in [-0.1, -0.05) is 23.7 Å². The monoisotopic (exact) mass is 198 g/mol. The van der Waals surface area contributed by atoms with Crippen LogP contribution in [0.5, 0.6) is 5.75 Å². The molecule has 1 aromatic carbocycles. The molecule has 0 spiro atoms. The highest BCUT2D eigenvalue weighted by atomic mass is 35.5. The van der Waals surface area contributed by atoms with Crippen LogP contribution in [0.15, 0.2) is 12.1 Å². The lowest BCUT2D eigenvalue weighted by Crippen LogP contribution is -2.30. The van der Waals surface area contributed by atoms with E-state index in [4.69, 9.17) is 26.4 Å². The molecule has 0 aliphatic carbocycles. The fourth-order valence-corrected chi connectivity index (χ4v) is 1.76. The van der Waals surface area contributed by atoms with Crippen molar-refractivity contribution in [1.82, 2.24) is 0 Å². The molecule has 1 aliphatic rings. The molecule has 1 heterocycles. The molecule has 0 unspecified atom stereocenters. The van der Waals surface area contributed by atoms with E-state index in [0.717, 1.165) is 12.0 Å². The number of hydrogen-bond acceptors (Lipinski definition) is 3. The predicted octanol–water partition coefficient (Wildman–Crippen LogP) is -0.0453. The summed E-state index contributed by atoms with van der Waals surface area (Å²) in [6.45, 7) is 0.611. The summed E-state index contributed by atoms with van der Waals surface area (Å²) >= 11 is 5.90. The molecular formula is C8H8BClO3. The zero-order valence-corrected chi connectivity index (χ0v) is 7.58. The predicted molar refractivity (Wildman–Crippen MR) is 50.5 cm³/mol. The molecule has 1 aliphatic heterocycles. The second-order valence-corrected chi connectivity index (χ2v) is 3.31. The van der Waals surface area contributed by atoms with Gasteiger partial charge < -0.3 is 14.8 Å². The number of rotatable bonds is 1. The first-order valence-corrected chi connectivity index (χ1v) is 4.38. The number of hydrogen-bond donors (Lipinski definition) is 2. The minimum atomic E-state index is -1.54. The Kier molecular flexibility index (Phi) is 2.19. The molecule has 0 atom stereocenters. The van der Waals surface area contributed by atoms with E-state index in [-0.39, 0.29) is 0 Å². The van der Waals surface area contributed by atoms with E-state index in [2.05, 4.69) is 0 Å². The zero-order valence-electron chi connectivity index (χ0n) is 6.83. The van der Waals surface area contributed by atoms with Gasteiger partial charge in [0.15, 0.2) is 0 Å². The topological polar surface area (TPSA) is 49.7 Å². The highest BCUT2D eigenvalue weighted by molar-refractivity contribution is 6.63. The lowest BCUT2D eigenvalue weighted by atomic mass is 9.79. The van der Waals surface area contributed by atoms with Gasteiger partial charge in [0, 0.05) is 11.9 Å². The van der Waals surface area contributed by atoms with Crippen molar-refractivity contribution >= 4 is 24.2 Å². The first kappa shape index (κ1) is 8.87. The van der Waals surface area contributed by atoms with Crippen molar-refractivity contribution in [1.29, 1.82) is 0 Å². The summed E-state index contributed by atoms with van der Waals surface area (Å²) in [5.74, 6) is 0.590. The van der Waals surface area contributed by atoms with Crippen LogP contribution in [0.3, 0.4) is 0 Å². The average molecular weight is 198 g/mol. The van der Waals surface area contributed by atoms with Crippen LogP contribution < -0.4 is 10.2 Å². The van der Waals surface area contributed by atoms with Crippen molar-refractivity contribution in [2.24, 2.45) is 0 Å². The molecule has 2 rings (SSSR count). The molecule has 2 N–H and O–H groups in total. The van der Waals surface area contributed by atoms with E-state index in [0.29, 0.717) is 22.8 Å². The van der Waals surface area contributed by atoms with Gasteiger partial charge in [0.1, 0.15) is 5.75 Å². The van der Waals surface area contributed by atoms with E-state index in [9.17, 15) is 0 Å². The number of halogens is 1. The van der Waals surface area contributed by atoms with E-state index >= 15 is 0 Å². The van der Waals surface area contributed by atoms with Crippen molar-refractivity contribution in [2.45, 2.75) is 6.42 Å². The highest BCUT2D eigenvalue weighted by Crippen LogP contribution is 2.31. The van der Waals surface area contributed by atoms with Crippen LogP contribution >= 0.6 is 11.6 Å². The van der Waals surface area contributed by atoms with Crippen LogP contribution in [-0.4, -0.2) is 23.8 Å². The van der Waals surface area contributed by atoms with Crippen molar-refractivity contribution < 1.29 is 14.8 Å². The van der Waals surface area contributed by atoms with E-state index in [1.807, 2.05) is 6.07 Å². The summed E-state index contributed by atoms with van der Waals surface area (Å²) < 4.78 is 5.27. The molecule has 0 radical (unpaired) electrons. The Morgan fingerprint density at radius 2 is 2.15 bits per heavy atom. The second-order valence-electron chi connectivity index (χ2n) is 2.93. The Morgan fingerprint density at radius 1 is 1.38 bits per heavy atom. The smallest absolute Gasteiger partial charge is 0.490 e. The Labute approximate surface area is 81.1 Å². The van der Waals surface area contributed by atoms with E-state index < -0.39 is 7.12 Å². The van der Waals surface area contributed by atoms with Gasteiger partial charge in [0.25, 0.3) is 0 Å². The molecule has 0 saturated carbocycles. The number of ether oxygens (including phenoxy) is 1. The minimum Gasteiger partial charge on any atom is -0.491 e. The van der Waals surface area contributed by atoms with Crippen molar-refractivity contribution in [2.75, 3.05) is 6.61 Å². The lowest BCUT2D eigenvalue weighted by molar-refractivity contribution is 0.357. The maximum absolute atomic E-state index is 8.95. The molecule has 1 aromatic rings. The molecule has 0 saturated heterocycles. The summed E-state index contributed by atoms with van der Waals surface area (Å²) in [7, 11) is -1.54. The molecule has 0 fully saturated rings. The summed E-state index contributed by atoms with van der Waals surface area (Å²) in [4.78, 5) is 0. The van der Waals surface area contributed by atoms with Gasteiger partial charge in [-0.3, -0.25) is 0 Å². The van der Waals surface area contributed by atoms with Crippen molar-refractivity contribution in [3.8, 4) is 5.75 Å². The fourth-order valence-electron chi connectivity index (χ4n) is 1.43. The summed E-state index contributed by atoms with van der Waals surface area (Å²) in [6.07, 6.45) is 0.830. The quantitative estimate of drug-likeness (QED) is 0.622. The van der Waals surface area contributed by atoms with E-state index in [1.54, 1.807) is 6.07 Å². The van der Waals surface area contributed by atoms with Gasteiger partial charge in [-0.15, -0.1) is 0 Å². The zero-order chi connectivity index (χ0) is 9.42. The Hall–Kier alpha value is -0.705. The first-order chi connectivity index (χ1) is 6.20. The van der Waals surface area contributed by atoms with Gasteiger partial charge in [-0.05, 0) is 5.56 Å². The molecular weight excluding hydrogens is 190 g/mol. The van der Waals surface area contributed by atoms with Gasteiger partial charge in [0.2, 0.25) is 0 Å². The minimum absolute atomic E-state index is 0.294. The molecule has 5 heteroatoms. The van der Waals surface area contributed by atoms with Crippen LogP contribution in [-0.2, 0) is 6.42 Å². The fraction of sp³-hybridized carbons (Fsp3) is 0.250. The molecule has 13 heavy (non-hydrogen) atoms.